The molecule has 90 valence electrons. The quantitative estimate of drug-likeness (QED) is 0.561. The van der Waals surface area contributed by atoms with Crippen LogP contribution in [0, 0.1) is 0 Å². The standard InChI is InChI=1S/C15H10N4/c1-2-4-13-11(3-1)12-5-14(18-8-15(12)19-13)10-6-16-9-17-7-10/h1-9,19H. The molecule has 0 spiro atoms. The lowest BCUT2D eigenvalue weighted by Gasteiger charge is -1.99. The van der Waals surface area contributed by atoms with E-state index in [9.17, 15) is 0 Å². The predicted octanol–water partition coefficient (Wildman–Crippen LogP) is 3.17. The fourth-order valence-electron chi connectivity index (χ4n) is 2.34. The van der Waals surface area contributed by atoms with Crippen LogP contribution in [0.3, 0.4) is 0 Å². The van der Waals surface area contributed by atoms with Gasteiger partial charge in [-0.2, -0.15) is 0 Å². The summed E-state index contributed by atoms with van der Waals surface area (Å²) < 4.78 is 0. The Balaban J connectivity index is 2.03. The Morgan fingerprint density at radius 2 is 1.68 bits per heavy atom. The van der Waals surface area contributed by atoms with Crippen LogP contribution in [0.4, 0.5) is 0 Å². The summed E-state index contributed by atoms with van der Waals surface area (Å²) in [5.41, 5.74) is 3.98. The average Bonchev–Trinajstić information content (AvgIpc) is 2.86. The minimum atomic E-state index is 0.887. The number of nitrogens with one attached hydrogen (secondary N) is 1. The van der Waals surface area contributed by atoms with Crippen LogP contribution in [0.15, 0.2) is 55.2 Å². The molecule has 1 N–H and O–H groups in total. The number of pyridine rings is 1. The van der Waals surface area contributed by atoms with Gasteiger partial charge in [0.15, 0.2) is 0 Å². The van der Waals surface area contributed by atoms with Gasteiger partial charge in [-0.15, -0.1) is 0 Å². The summed E-state index contributed by atoms with van der Waals surface area (Å²) >= 11 is 0. The first kappa shape index (κ1) is 10.2. The van der Waals surface area contributed by atoms with E-state index in [0.717, 1.165) is 22.3 Å². The van der Waals surface area contributed by atoms with Crippen molar-refractivity contribution in [2.75, 3.05) is 0 Å². The zero-order valence-corrected chi connectivity index (χ0v) is 10.0. The second-order valence-corrected chi connectivity index (χ2v) is 4.41. The Hall–Kier alpha value is -2.75. The van der Waals surface area contributed by atoms with Crippen molar-refractivity contribution >= 4 is 21.8 Å². The number of hydrogen-bond acceptors (Lipinski definition) is 3. The van der Waals surface area contributed by atoms with E-state index in [0.29, 0.717) is 0 Å². The normalized spacial score (nSPS) is 11.2. The van der Waals surface area contributed by atoms with Crippen LogP contribution < -0.4 is 0 Å². The number of nitrogens with zero attached hydrogens (tertiary/aromatic N) is 3. The first-order valence-corrected chi connectivity index (χ1v) is 6.04. The fraction of sp³-hybridized carbons (Fsp3) is 0. The molecule has 3 heterocycles. The van der Waals surface area contributed by atoms with E-state index in [1.807, 2.05) is 18.3 Å². The van der Waals surface area contributed by atoms with Gasteiger partial charge in [-0.05, 0) is 12.1 Å². The van der Waals surface area contributed by atoms with E-state index < -0.39 is 0 Å². The van der Waals surface area contributed by atoms with Crippen molar-refractivity contribution in [3.8, 4) is 11.3 Å². The molecular formula is C15H10N4. The van der Waals surface area contributed by atoms with Crippen LogP contribution in [0.25, 0.3) is 33.1 Å². The third-order valence-electron chi connectivity index (χ3n) is 3.25. The Labute approximate surface area is 109 Å². The molecule has 0 saturated heterocycles. The summed E-state index contributed by atoms with van der Waals surface area (Å²) in [6, 6.07) is 10.3. The van der Waals surface area contributed by atoms with Crippen LogP contribution >= 0.6 is 0 Å². The molecule has 1 aromatic carbocycles. The molecule has 0 aliphatic rings. The Bertz CT molecular complexity index is 865. The van der Waals surface area contributed by atoms with Gasteiger partial charge in [0, 0.05) is 34.2 Å². The molecule has 0 saturated carbocycles. The molecule has 3 aromatic heterocycles. The lowest BCUT2D eigenvalue weighted by atomic mass is 10.1. The number of rotatable bonds is 1. The Kier molecular flexibility index (Phi) is 2.08. The second-order valence-electron chi connectivity index (χ2n) is 4.41. The van der Waals surface area contributed by atoms with Gasteiger partial charge in [0.2, 0.25) is 0 Å². The van der Waals surface area contributed by atoms with E-state index in [-0.39, 0.29) is 0 Å². The highest BCUT2D eigenvalue weighted by Crippen LogP contribution is 2.27. The summed E-state index contributed by atoms with van der Waals surface area (Å²) in [5, 5.41) is 2.38. The van der Waals surface area contributed by atoms with Crippen molar-refractivity contribution in [3.63, 3.8) is 0 Å². The lowest BCUT2D eigenvalue weighted by Crippen LogP contribution is -1.85. The Morgan fingerprint density at radius 3 is 2.58 bits per heavy atom. The number of H-pyrrole nitrogens is 1. The largest absolute Gasteiger partial charge is 0.353 e. The van der Waals surface area contributed by atoms with Crippen LogP contribution in [0.1, 0.15) is 0 Å². The first-order valence-electron chi connectivity index (χ1n) is 6.04. The number of aromatic nitrogens is 4. The summed E-state index contributed by atoms with van der Waals surface area (Å²) in [4.78, 5) is 15.9. The maximum absolute atomic E-state index is 4.46. The van der Waals surface area contributed by atoms with E-state index in [2.05, 4.69) is 38.1 Å². The molecule has 0 unspecified atom stereocenters. The monoisotopic (exact) mass is 246 g/mol. The van der Waals surface area contributed by atoms with Crippen molar-refractivity contribution in [2.45, 2.75) is 0 Å². The van der Waals surface area contributed by atoms with Crippen molar-refractivity contribution in [1.82, 2.24) is 19.9 Å². The molecule has 4 aromatic rings. The third-order valence-corrected chi connectivity index (χ3v) is 3.25. The highest BCUT2D eigenvalue weighted by atomic mass is 14.8. The van der Waals surface area contributed by atoms with Crippen LogP contribution in [0.2, 0.25) is 0 Å². The molecule has 0 aliphatic heterocycles. The summed E-state index contributed by atoms with van der Waals surface area (Å²) in [5.74, 6) is 0. The highest BCUT2D eigenvalue weighted by molar-refractivity contribution is 6.07. The first-order chi connectivity index (χ1) is 9.42. The molecular weight excluding hydrogens is 236 g/mol. The molecule has 0 atom stereocenters. The topological polar surface area (TPSA) is 54.5 Å². The van der Waals surface area contributed by atoms with Gasteiger partial charge >= 0.3 is 0 Å². The molecule has 0 fully saturated rings. The number of aromatic amines is 1. The third kappa shape index (κ3) is 1.57. The maximum atomic E-state index is 4.46. The van der Waals surface area contributed by atoms with Crippen molar-refractivity contribution < 1.29 is 0 Å². The predicted molar refractivity (Wildman–Crippen MR) is 74.6 cm³/mol. The second kappa shape index (κ2) is 3.88. The number of para-hydroxylation sites is 1. The molecule has 0 amide bonds. The zero-order valence-electron chi connectivity index (χ0n) is 10.0. The molecule has 0 aliphatic carbocycles. The van der Waals surface area contributed by atoms with Gasteiger partial charge in [0.05, 0.1) is 17.4 Å². The highest BCUT2D eigenvalue weighted by Gasteiger charge is 2.06. The van der Waals surface area contributed by atoms with Crippen molar-refractivity contribution in [3.05, 3.63) is 55.2 Å². The average molecular weight is 246 g/mol. The van der Waals surface area contributed by atoms with E-state index in [1.165, 1.54) is 17.1 Å². The SMILES string of the molecule is c1ccc2c(c1)[nH]c1cnc(-c3cncnc3)cc12. The number of fused-ring (bicyclic) bond motifs is 3. The zero-order chi connectivity index (χ0) is 12.7. The minimum absolute atomic E-state index is 0.887. The molecule has 4 heteroatoms. The molecule has 19 heavy (non-hydrogen) atoms. The van der Waals surface area contributed by atoms with Gasteiger partial charge in [0.25, 0.3) is 0 Å². The van der Waals surface area contributed by atoms with Gasteiger partial charge in [-0.1, -0.05) is 18.2 Å². The number of hydrogen-bond donors (Lipinski definition) is 1. The molecule has 4 rings (SSSR count). The van der Waals surface area contributed by atoms with Crippen molar-refractivity contribution in [1.29, 1.82) is 0 Å². The Morgan fingerprint density at radius 1 is 0.842 bits per heavy atom. The van der Waals surface area contributed by atoms with E-state index >= 15 is 0 Å². The maximum Gasteiger partial charge on any atom is 0.115 e. The lowest BCUT2D eigenvalue weighted by molar-refractivity contribution is 1.16. The molecule has 0 radical (unpaired) electrons. The van der Waals surface area contributed by atoms with Crippen LogP contribution in [0.5, 0.6) is 0 Å². The fourth-order valence-corrected chi connectivity index (χ4v) is 2.34. The molecule has 4 nitrogen and oxygen atoms in total. The van der Waals surface area contributed by atoms with Gasteiger partial charge in [-0.25, -0.2) is 9.97 Å². The van der Waals surface area contributed by atoms with Crippen molar-refractivity contribution in [2.24, 2.45) is 0 Å². The smallest absolute Gasteiger partial charge is 0.115 e. The number of benzene rings is 1. The van der Waals surface area contributed by atoms with Gasteiger partial charge in [-0.3, -0.25) is 4.98 Å². The van der Waals surface area contributed by atoms with Gasteiger partial charge in [0.1, 0.15) is 6.33 Å². The van der Waals surface area contributed by atoms with Gasteiger partial charge < -0.3 is 4.98 Å². The minimum Gasteiger partial charge on any atom is -0.353 e. The van der Waals surface area contributed by atoms with E-state index in [4.69, 9.17) is 0 Å². The van der Waals surface area contributed by atoms with Crippen LogP contribution in [-0.2, 0) is 0 Å². The molecule has 0 bridgehead atoms. The summed E-state index contributed by atoms with van der Waals surface area (Å²) in [6.07, 6.45) is 6.93. The summed E-state index contributed by atoms with van der Waals surface area (Å²) in [6.45, 7) is 0. The van der Waals surface area contributed by atoms with Crippen LogP contribution in [-0.4, -0.2) is 19.9 Å². The van der Waals surface area contributed by atoms with E-state index in [1.54, 1.807) is 12.4 Å². The summed E-state index contributed by atoms with van der Waals surface area (Å²) in [7, 11) is 0.